The number of thiophene rings is 1. The maximum Gasteiger partial charge on any atom is 0.140 e. The monoisotopic (exact) mass is 532 g/mol. The Bertz CT molecular complexity index is 2170. The first-order chi connectivity index (χ1) is 19.8. The summed E-state index contributed by atoms with van der Waals surface area (Å²) in [6.07, 6.45) is 1.85. The third-order valence-electron chi connectivity index (χ3n) is 7.69. The Kier molecular flexibility index (Phi) is 5.18. The van der Waals surface area contributed by atoms with Crippen molar-refractivity contribution in [1.82, 2.24) is 19.1 Å². The van der Waals surface area contributed by atoms with E-state index in [1.165, 1.54) is 26.7 Å². The van der Waals surface area contributed by atoms with Crippen molar-refractivity contribution in [2.45, 2.75) is 0 Å². The van der Waals surface area contributed by atoms with Crippen molar-refractivity contribution in [3.05, 3.63) is 127 Å². The second-order valence-electron chi connectivity index (χ2n) is 9.99. The summed E-state index contributed by atoms with van der Waals surface area (Å²) >= 11 is 1.78. The Morgan fingerprint density at radius 1 is 0.675 bits per heavy atom. The lowest BCUT2D eigenvalue weighted by Gasteiger charge is -2.11. The van der Waals surface area contributed by atoms with Gasteiger partial charge in [0.25, 0.3) is 0 Å². The Morgan fingerprint density at radius 2 is 1.55 bits per heavy atom. The number of pyridine rings is 1. The van der Waals surface area contributed by atoms with Crippen LogP contribution in [0.2, 0.25) is 0 Å². The van der Waals surface area contributed by atoms with Crippen molar-refractivity contribution in [2.24, 2.45) is 7.05 Å². The Morgan fingerprint density at radius 3 is 2.40 bits per heavy atom. The fourth-order valence-corrected chi connectivity index (χ4v) is 6.62. The molecule has 0 saturated heterocycles. The van der Waals surface area contributed by atoms with Gasteiger partial charge in [-0.2, -0.15) is 0 Å². The maximum atomic E-state index is 5.00. The molecule has 8 aromatic rings. The van der Waals surface area contributed by atoms with Crippen LogP contribution < -0.4 is 0 Å². The van der Waals surface area contributed by atoms with E-state index in [0.717, 1.165) is 44.9 Å². The zero-order valence-corrected chi connectivity index (χ0v) is 22.6. The van der Waals surface area contributed by atoms with E-state index in [0.29, 0.717) is 0 Å². The van der Waals surface area contributed by atoms with Gasteiger partial charge in [-0.15, -0.1) is 11.3 Å². The first kappa shape index (κ1) is 22.9. The van der Waals surface area contributed by atoms with Gasteiger partial charge in [0.2, 0.25) is 0 Å². The van der Waals surface area contributed by atoms with Gasteiger partial charge in [0, 0.05) is 51.3 Å². The molecule has 0 spiro atoms. The van der Waals surface area contributed by atoms with E-state index in [4.69, 9.17) is 4.98 Å². The fourth-order valence-electron chi connectivity index (χ4n) is 5.86. The highest BCUT2D eigenvalue weighted by Crippen LogP contribution is 2.41. The summed E-state index contributed by atoms with van der Waals surface area (Å²) in [6, 6.07) is 40.8. The summed E-state index contributed by atoms with van der Waals surface area (Å²) in [4.78, 5) is 10.9. The molecule has 5 heteroatoms. The zero-order valence-electron chi connectivity index (χ0n) is 21.8. The third-order valence-corrected chi connectivity index (χ3v) is 8.59. The van der Waals surface area contributed by atoms with Crippen LogP contribution in [0.5, 0.6) is 0 Å². The minimum absolute atomic E-state index is 0.959. The molecule has 0 aliphatic rings. The normalized spacial score (nSPS) is 11.6. The maximum absolute atomic E-state index is 5.00. The number of nitrogens with zero attached hydrogens (tertiary/aromatic N) is 4. The van der Waals surface area contributed by atoms with Crippen LogP contribution in [-0.2, 0) is 7.05 Å². The number of para-hydroxylation sites is 2. The molecule has 8 rings (SSSR count). The number of aryl methyl sites for hydroxylation is 1. The van der Waals surface area contributed by atoms with Gasteiger partial charge in [-0.1, -0.05) is 60.7 Å². The second-order valence-corrected chi connectivity index (χ2v) is 10.9. The number of imidazole rings is 1. The van der Waals surface area contributed by atoms with Crippen molar-refractivity contribution >= 4 is 44.2 Å². The number of hydrogen-bond donors (Lipinski definition) is 0. The predicted octanol–water partition coefficient (Wildman–Crippen LogP) is 9.13. The number of hydrogen-bond acceptors (Lipinski definition) is 3. The average Bonchev–Trinajstić information content (AvgIpc) is 3.74. The molecular formula is C35H24N4S. The highest BCUT2D eigenvalue weighted by molar-refractivity contribution is 7.13. The van der Waals surface area contributed by atoms with Crippen LogP contribution in [0.4, 0.5) is 0 Å². The second kappa shape index (κ2) is 9.04. The molecule has 0 amide bonds. The lowest BCUT2D eigenvalue weighted by Crippen LogP contribution is -1.96. The topological polar surface area (TPSA) is 35.6 Å². The number of benzene rings is 4. The van der Waals surface area contributed by atoms with Crippen LogP contribution in [0, 0.1) is 0 Å². The molecule has 0 fully saturated rings. The summed E-state index contributed by atoms with van der Waals surface area (Å²) in [7, 11) is 2.09. The van der Waals surface area contributed by atoms with Crippen LogP contribution in [0.25, 0.3) is 71.6 Å². The molecule has 190 valence electrons. The lowest BCUT2D eigenvalue weighted by molar-refractivity contribution is 0.959. The van der Waals surface area contributed by atoms with Gasteiger partial charge in [-0.05, 0) is 60.0 Å². The zero-order chi connectivity index (χ0) is 26.6. The quantitative estimate of drug-likeness (QED) is 0.227. The Balaban J connectivity index is 1.44. The molecule has 4 aromatic heterocycles. The number of aromatic nitrogens is 4. The van der Waals surface area contributed by atoms with Crippen LogP contribution in [0.15, 0.2) is 127 Å². The Hall–Kier alpha value is -5.00. The molecule has 0 unspecified atom stereocenters. The molecule has 0 N–H and O–H groups in total. The van der Waals surface area contributed by atoms with Gasteiger partial charge < -0.3 is 9.13 Å². The minimum atomic E-state index is 0.959. The van der Waals surface area contributed by atoms with E-state index in [1.807, 2.05) is 24.4 Å². The molecule has 0 atom stereocenters. The van der Waals surface area contributed by atoms with Crippen molar-refractivity contribution in [3.8, 4) is 38.8 Å². The number of fused-ring (bicyclic) bond motifs is 4. The van der Waals surface area contributed by atoms with Crippen LogP contribution in [-0.4, -0.2) is 19.1 Å². The van der Waals surface area contributed by atoms with E-state index < -0.39 is 0 Å². The third kappa shape index (κ3) is 3.52. The average molecular weight is 533 g/mol. The largest absolute Gasteiger partial charge is 0.327 e. The van der Waals surface area contributed by atoms with E-state index in [9.17, 15) is 0 Å². The van der Waals surface area contributed by atoms with Crippen molar-refractivity contribution in [3.63, 3.8) is 0 Å². The summed E-state index contributed by atoms with van der Waals surface area (Å²) < 4.78 is 4.57. The van der Waals surface area contributed by atoms with Gasteiger partial charge >= 0.3 is 0 Å². The van der Waals surface area contributed by atoms with Crippen molar-refractivity contribution in [1.29, 1.82) is 0 Å². The number of rotatable bonds is 4. The lowest BCUT2D eigenvalue weighted by atomic mass is 10.0. The summed E-state index contributed by atoms with van der Waals surface area (Å²) in [6.45, 7) is 0. The SMILES string of the molecule is Cn1c(-c2ccc3c4c(-c5cccs5)cccc4n(-c4cccc(-c5ccccn5)c4)c3c2)nc2ccccc21. The molecule has 0 saturated carbocycles. The first-order valence-electron chi connectivity index (χ1n) is 13.3. The standard InChI is InChI=1S/C35H24N4S/c1-38-30-14-3-2-13-29(30)37-35(38)24-17-18-26-32(22-24)39(25-10-6-9-23(21-25)28-12-4-5-19-36-28)31-15-7-11-27(34(26)31)33-16-8-20-40-33/h2-22H,1H3. The fraction of sp³-hybridized carbons (Fsp3) is 0.0286. The van der Waals surface area contributed by atoms with Gasteiger partial charge in [0.05, 0.1) is 27.8 Å². The molecule has 40 heavy (non-hydrogen) atoms. The highest BCUT2D eigenvalue weighted by Gasteiger charge is 2.19. The van der Waals surface area contributed by atoms with Gasteiger partial charge in [0.15, 0.2) is 0 Å². The van der Waals surface area contributed by atoms with Gasteiger partial charge in [0.1, 0.15) is 5.82 Å². The van der Waals surface area contributed by atoms with Crippen LogP contribution in [0.3, 0.4) is 0 Å². The smallest absolute Gasteiger partial charge is 0.140 e. The van der Waals surface area contributed by atoms with E-state index in [-0.39, 0.29) is 0 Å². The molecule has 4 aromatic carbocycles. The summed E-state index contributed by atoms with van der Waals surface area (Å²) in [5, 5.41) is 4.64. The molecule has 4 heterocycles. The molecule has 0 radical (unpaired) electrons. The minimum Gasteiger partial charge on any atom is -0.327 e. The van der Waals surface area contributed by atoms with E-state index >= 15 is 0 Å². The van der Waals surface area contributed by atoms with Crippen molar-refractivity contribution in [2.75, 3.05) is 0 Å². The Labute approximate surface area is 235 Å². The van der Waals surface area contributed by atoms with Gasteiger partial charge in [-0.3, -0.25) is 4.98 Å². The van der Waals surface area contributed by atoms with E-state index in [1.54, 1.807) is 11.3 Å². The van der Waals surface area contributed by atoms with E-state index in [2.05, 4.69) is 124 Å². The summed E-state index contributed by atoms with van der Waals surface area (Å²) in [5.74, 6) is 0.959. The highest BCUT2D eigenvalue weighted by atomic mass is 32.1. The predicted molar refractivity (Wildman–Crippen MR) is 167 cm³/mol. The molecule has 0 bridgehead atoms. The summed E-state index contributed by atoms with van der Waals surface area (Å²) in [5.41, 5.74) is 9.97. The molecular weight excluding hydrogens is 508 g/mol. The molecule has 0 aliphatic heterocycles. The molecule has 4 nitrogen and oxygen atoms in total. The van der Waals surface area contributed by atoms with Crippen LogP contribution >= 0.6 is 11.3 Å². The van der Waals surface area contributed by atoms with Crippen molar-refractivity contribution < 1.29 is 0 Å². The molecule has 0 aliphatic carbocycles. The first-order valence-corrected chi connectivity index (χ1v) is 14.2. The van der Waals surface area contributed by atoms with Crippen LogP contribution in [0.1, 0.15) is 0 Å². The van der Waals surface area contributed by atoms with Gasteiger partial charge in [-0.25, -0.2) is 4.98 Å².